The van der Waals surface area contributed by atoms with Crippen molar-refractivity contribution in [3.05, 3.63) is 0 Å². The smallest absolute Gasteiger partial charge is 0.0786 e. The van der Waals surface area contributed by atoms with Crippen LogP contribution >= 0.6 is 0 Å². The Morgan fingerprint density at radius 2 is 2.45 bits per heavy atom. The molecule has 1 aliphatic rings. The zero-order valence-corrected chi connectivity index (χ0v) is 7.17. The van der Waals surface area contributed by atoms with E-state index in [0.29, 0.717) is 6.04 Å². The van der Waals surface area contributed by atoms with Crippen molar-refractivity contribution in [3.8, 4) is 0 Å². The van der Waals surface area contributed by atoms with Gasteiger partial charge in [-0.25, -0.2) is 0 Å². The average Bonchev–Trinajstić information content (AvgIpc) is 2.03. The molecule has 0 aromatic heterocycles. The third-order valence-electron chi connectivity index (χ3n) is 1.45. The molecule has 3 nitrogen and oxygen atoms in total. The second-order valence-electron chi connectivity index (χ2n) is 3.02. The highest BCUT2D eigenvalue weighted by atomic mass is 15.3. The SMILES string of the molecule is CC(C)NN=C1CCC=NC1. The predicted molar refractivity (Wildman–Crippen MR) is 48.3 cm³/mol. The molecule has 1 N–H and O–H groups in total. The Hall–Kier alpha value is -0.860. The summed E-state index contributed by atoms with van der Waals surface area (Å²) in [5.74, 6) is 0. The van der Waals surface area contributed by atoms with Crippen LogP contribution in [-0.2, 0) is 0 Å². The third-order valence-corrected chi connectivity index (χ3v) is 1.45. The largest absolute Gasteiger partial charge is 0.308 e. The molecule has 0 aromatic rings. The minimum atomic E-state index is 0.424. The molecule has 0 unspecified atom stereocenters. The van der Waals surface area contributed by atoms with E-state index in [4.69, 9.17) is 0 Å². The van der Waals surface area contributed by atoms with Crippen LogP contribution in [0.25, 0.3) is 0 Å². The molecule has 1 aliphatic heterocycles. The lowest BCUT2D eigenvalue weighted by atomic mass is 10.2. The number of hydrogen-bond donors (Lipinski definition) is 1. The van der Waals surface area contributed by atoms with E-state index in [0.717, 1.165) is 19.4 Å². The maximum Gasteiger partial charge on any atom is 0.0786 e. The van der Waals surface area contributed by atoms with Gasteiger partial charge in [0.25, 0.3) is 0 Å². The van der Waals surface area contributed by atoms with Crippen LogP contribution in [0.3, 0.4) is 0 Å². The van der Waals surface area contributed by atoms with Gasteiger partial charge in [-0.1, -0.05) is 0 Å². The third kappa shape index (κ3) is 3.16. The Labute approximate surface area is 67.6 Å². The fourth-order valence-electron chi connectivity index (χ4n) is 0.883. The molecule has 1 rings (SSSR count). The molecule has 0 amide bonds. The van der Waals surface area contributed by atoms with E-state index in [-0.39, 0.29) is 0 Å². The highest BCUT2D eigenvalue weighted by molar-refractivity contribution is 5.90. The van der Waals surface area contributed by atoms with Crippen molar-refractivity contribution in [2.45, 2.75) is 32.7 Å². The molecule has 11 heavy (non-hydrogen) atoms. The first-order chi connectivity index (χ1) is 5.29. The fourth-order valence-corrected chi connectivity index (χ4v) is 0.883. The molecule has 0 spiro atoms. The lowest BCUT2D eigenvalue weighted by Gasteiger charge is -2.09. The van der Waals surface area contributed by atoms with Crippen molar-refractivity contribution in [2.75, 3.05) is 6.54 Å². The van der Waals surface area contributed by atoms with Gasteiger partial charge < -0.3 is 5.43 Å². The van der Waals surface area contributed by atoms with Gasteiger partial charge in [-0.2, -0.15) is 5.10 Å². The van der Waals surface area contributed by atoms with Gasteiger partial charge in [-0.05, 0) is 32.9 Å². The molecular weight excluding hydrogens is 138 g/mol. The first-order valence-electron chi connectivity index (χ1n) is 4.08. The Morgan fingerprint density at radius 3 is 3.00 bits per heavy atom. The minimum absolute atomic E-state index is 0.424. The summed E-state index contributed by atoms with van der Waals surface area (Å²) < 4.78 is 0. The number of rotatable bonds is 2. The number of nitrogens with zero attached hydrogens (tertiary/aromatic N) is 2. The summed E-state index contributed by atoms with van der Waals surface area (Å²) in [6, 6.07) is 0.424. The molecule has 0 aromatic carbocycles. The first-order valence-corrected chi connectivity index (χ1v) is 4.08. The lowest BCUT2D eigenvalue weighted by molar-refractivity contribution is 0.617. The summed E-state index contributed by atoms with van der Waals surface area (Å²) >= 11 is 0. The Bertz CT molecular complexity index is 170. The molecular formula is C8H15N3. The van der Waals surface area contributed by atoms with Crippen molar-refractivity contribution in [1.29, 1.82) is 0 Å². The van der Waals surface area contributed by atoms with Crippen LogP contribution in [0.5, 0.6) is 0 Å². The first kappa shape index (κ1) is 8.24. The van der Waals surface area contributed by atoms with Gasteiger partial charge >= 0.3 is 0 Å². The van der Waals surface area contributed by atoms with Gasteiger partial charge in [-0.3, -0.25) is 4.99 Å². The van der Waals surface area contributed by atoms with Crippen LogP contribution in [0, 0.1) is 0 Å². The normalized spacial score (nSPS) is 21.2. The highest BCUT2D eigenvalue weighted by Crippen LogP contribution is 1.97. The number of hydrazone groups is 1. The molecule has 1 heterocycles. The second-order valence-corrected chi connectivity index (χ2v) is 3.02. The summed E-state index contributed by atoms with van der Waals surface area (Å²) in [7, 11) is 0. The summed E-state index contributed by atoms with van der Waals surface area (Å²) in [6.07, 6.45) is 4.07. The Kier molecular flexibility index (Phi) is 3.08. The molecule has 0 saturated heterocycles. The maximum atomic E-state index is 4.24. The second kappa shape index (κ2) is 4.11. The van der Waals surface area contributed by atoms with E-state index in [1.165, 1.54) is 5.71 Å². The molecule has 62 valence electrons. The van der Waals surface area contributed by atoms with Crippen LogP contribution in [0.4, 0.5) is 0 Å². The molecule has 0 bridgehead atoms. The number of hydrogen-bond acceptors (Lipinski definition) is 3. The van der Waals surface area contributed by atoms with Crippen LogP contribution in [0.15, 0.2) is 10.1 Å². The van der Waals surface area contributed by atoms with Crippen LogP contribution in [0.1, 0.15) is 26.7 Å². The van der Waals surface area contributed by atoms with E-state index >= 15 is 0 Å². The summed E-state index contributed by atoms with van der Waals surface area (Å²) in [4.78, 5) is 4.14. The molecule has 0 saturated carbocycles. The molecule has 0 radical (unpaired) electrons. The van der Waals surface area contributed by atoms with E-state index in [9.17, 15) is 0 Å². The van der Waals surface area contributed by atoms with Crippen molar-refractivity contribution in [1.82, 2.24) is 5.43 Å². The summed E-state index contributed by atoms with van der Waals surface area (Å²) in [6.45, 7) is 4.94. The number of aliphatic imine (C=N–C) groups is 1. The Balaban J connectivity index is 2.34. The van der Waals surface area contributed by atoms with E-state index < -0.39 is 0 Å². The van der Waals surface area contributed by atoms with Gasteiger partial charge in [-0.15, -0.1) is 0 Å². The van der Waals surface area contributed by atoms with Crippen LogP contribution < -0.4 is 5.43 Å². The van der Waals surface area contributed by atoms with Crippen molar-refractivity contribution >= 4 is 11.9 Å². The van der Waals surface area contributed by atoms with E-state index in [1.807, 2.05) is 6.21 Å². The number of nitrogens with one attached hydrogen (secondary N) is 1. The van der Waals surface area contributed by atoms with Crippen molar-refractivity contribution in [2.24, 2.45) is 10.1 Å². The van der Waals surface area contributed by atoms with E-state index in [2.05, 4.69) is 29.4 Å². The quantitative estimate of drug-likeness (QED) is 0.595. The van der Waals surface area contributed by atoms with Crippen molar-refractivity contribution in [3.63, 3.8) is 0 Å². The highest BCUT2D eigenvalue weighted by Gasteiger charge is 2.01. The molecule has 3 heteroatoms. The van der Waals surface area contributed by atoms with Crippen molar-refractivity contribution < 1.29 is 0 Å². The average molecular weight is 153 g/mol. The van der Waals surface area contributed by atoms with Gasteiger partial charge in [0.05, 0.1) is 12.3 Å². The summed E-state index contributed by atoms with van der Waals surface area (Å²) in [5, 5.41) is 4.24. The van der Waals surface area contributed by atoms with E-state index in [1.54, 1.807) is 0 Å². The van der Waals surface area contributed by atoms with Crippen LogP contribution in [0.2, 0.25) is 0 Å². The zero-order chi connectivity index (χ0) is 8.10. The lowest BCUT2D eigenvalue weighted by Crippen LogP contribution is -2.20. The fraction of sp³-hybridized carbons (Fsp3) is 0.750. The van der Waals surface area contributed by atoms with Crippen LogP contribution in [-0.4, -0.2) is 24.5 Å². The predicted octanol–water partition coefficient (Wildman–Crippen LogP) is 1.20. The molecule has 0 fully saturated rings. The molecule has 0 atom stereocenters. The Morgan fingerprint density at radius 1 is 1.64 bits per heavy atom. The van der Waals surface area contributed by atoms with Gasteiger partial charge in [0.15, 0.2) is 0 Å². The maximum absolute atomic E-state index is 4.24. The minimum Gasteiger partial charge on any atom is -0.308 e. The molecule has 0 aliphatic carbocycles. The van der Waals surface area contributed by atoms with Gasteiger partial charge in [0, 0.05) is 6.04 Å². The topological polar surface area (TPSA) is 36.8 Å². The summed E-state index contributed by atoms with van der Waals surface area (Å²) in [5.41, 5.74) is 4.20. The zero-order valence-electron chi connectivity index (χ0n) is 7.17. The van der Waals surface area contributed by atoms with Gasteiger partial charge in [0.2, 0.25) is 0 Å². The van der Waals surface area contributed by atoms with Gasteiger partial charge in [0.1, 0.15) is 0 Å². The monoisotopic (exact) mass is 153 g/mol. The standard InChI is InChI=1S/C8H15N3/c1-7(2)10-11-8-4-3-5-9-6-8/h5,7,10H,3-4,6H2,1-2H3.